The Morgan fingerprint density at radius 1 is 1.11 bits per heavy atom. The molecule has 0 saturated carbocycles. The van der Waals surface area contributed by atoms with Gasteiger partial charge in [0.2, 0.25) is 0 Å². The molecule has 150 valence electrons. The monoisotopic (exact) mass is 508 g/mol. The van der Waals surface area contributed by atoms with E-state index in [1.165, 1.54) is 37.4 Å². The van der Waals surface area contributed by atoms with E-state index in [0.717, 1.165) is 6.07 Å². The quantitative estimate of drug-likeness (QED) is 0.277. The Morgan fingerprint density at radius 3 is 2.32 bits per heavy atom. The summed E-state index contributed by atoms with van der Waals surface area (Å²) in [5.74, 6) is -0.590. The number of benzene rings is 2. The SMILES string of the molecule is CN=C(NCc1ccc(C#N)cc1F)NCc1ccccc1OC(F)(F)F.I. The van der Waals surface area contributed by atoms with Gasteiger partial charge in [0.15, 0.2) is 5.96 Å². The lowest BCUT2D eigenvalue weighted by molar-refractivity contribution is -0.274. The molecule has 0 aliphatic rings. The topological polar surface area (TPSA) is 69.4 Å². The van der Waals surface area contributed by atoms with Gasteiger partial charge in [-0.15, -0.1) is 37.1 Å². The standard InChI is InChI=1S/C18H16F4N4O.HI/c1-24-17(25-10-13-7-6-12(9-23)8-15(13)19)26-11-14-4-2-3-5-16(14)27-18(20,21)22;/h2-8H,10-11H2,1H3,(H2,24,25,26);1H. The molecule has 0 radical (unpaired) electrons. The second-order valence-electron chi connectivity index (χ2n) is 5.35. The van der Waals surface area contributed by atoms with E-state index in [0.29, 0.717) is 5.56 Å². The first kappa shape index (κ1) is 23.5. The molecular weight excluding hydrogens is 491 g/mol. The number of ether oxygens (including phenoxy) is 1. The van der Waals surface area contributed by atoms with Crippen LogP contribution in [0.1, 0.15) is 16.7 Å². The number of guanidine groups is 1. The van der Waals surface area contributed by atoms with Gasteiger partial charge in [0.05, 0.1) is 11.6 Å². The minimum absolute atomic E-state index is 0. The van der Waals surface area contributed by atoms with Crippen molar-refractivity contribution in [3.8, 4) is 11.8 Å². The van der Waals surface area contributed by atoms with Crippen molar-refractivity contribution in [3.05, 3.63) is 65.0 Å². The summed E-state index contributed by atoms with van der Waals surface area (Å²) in [5, 5.41) is 14.4. The summed E-state index contributed by atoms with van der Waals surface area (Å²) in [5.41, 5.74) is 0.806. The van der Waals surface area contributed by atoms with Crippen molar-refractivity contribution in [2.75, 3.05) is 7.05 Å². The van der Waals surface area contributed by atoms with E-state index >= 15 is 0 Å². The average molecular weight is 508 g/mol. The predicted molar refractivity (Wildman–Crippen MR) is 107 cm³/mol. The summed E-state index contributed by atoms with van der Waals surface area (Å²) in [6.45, 7) is 0.0969. The summed E-state index contributed by atoms with van der Waals surface area (Å²) in [6.07, 6.45) is -4.79. The fourth-order valence-electron chi connectivity index (χ4n) is 2.21. The first-order valence-electron chi connectivity index (χ1n) is 7.79. The zero-order valence-corrected chi connectivity index (χ0v) is 17.0. The average Bonchev–Trinajstić information content (AvgIpc) is 2.62. The molecule has 0 aliphatic heterocycles. The Hall–Kier alpha value is -2.55. The van der Waals surface area contributed by atoms with Crippen LogP contribution in [0.2, 0.25) is 0 Å². The highest BCUT2D eigenvalue weighted by Crippen LogP contribution is 2.26. The van der Waals surface area contributed by atoms with E-state index in [4.69, 9.17) is 5.26 Å². The molecule has 5 nitrogen and oxygen atoms in total. The van der Waals surface area contributed by atoms with E-state index in [2.05, 4.69) is 20.4 Å². The van der Waals surface area contributed by atoms with Crippen molar-refractivity contribution in [1.82, 2.24) is 10.6 Å². The van der Waals surface area contributed by atoms with E-state index in [1.807, 2.05) is 6.07 Å². The Kier molecular flexibility index (Phi) is 8.98. The molecule has 2 aromatic rings. The maximum atomic E-state index is 13.9. The second-order valence-corrected chi connectivity index (χ2v) is 5.35. The molecule has 0 bridgehead atoms. The number of nitriles is 1. The van der Waals surface area contributed by atoms with Crippen LogP contribution in [0.4, 0.5) is 17.6 Å². The van der Waals surface area contributed by atoms with Crippen LogP contribution in [0, 0.1) is 17.1 Å². The number of alkyl halides is 3. The summed E-state index contributed by atoms with van der Waals surface area (Å²) in [6, 6.07) is 11.6. The zero-order chi connectivity index (χ0) is 19.9. The fourth-order valence-corrected chi connectivity index (χ4v) is 2.21. The fraction of sp³-hybridized carbons (Fsp3) is 0.222. The lowest BCUT2D eigenvalue weighted by atomic mass is 10.1. The molecule has 2 N–H and O–H groups in total. The van der Waals surface area contributed by atoms with E-state index in [-0.39, 0.29) is 59.9 Å². The van der Waals surface area contributed by atoms with Gasteiger partial charge < -0.3 is 15.4 Å². The van der Waals surface area contributed by atoms with Crippen LogP contribution in [-0.4, -0.2) is 19.4 Å². The van der Waals surface area contributed by atoms with Gasteiger partial charge in [-0.25, -0.2) is 4.39 Å². The van der Waals surface area contributed by atoms with Crippen molar-refractivity contribution in [3.63, 3.8) is 0 Å². The lowest BCUT2D eigenvalue weighted by Gasteiger charge is -2.16. The van der Waals surface area contributed by atoms with Gasteiger partial charge >= 0.3 is 6.36 Å². The molecule has 28 heavy (non-hydrogen) atoms. The molecule has 0 heterocycles. The maximum Gasteiger partial charge on any atom is 0.573 e. The number of nitrogens with one attached hydrogen (secondary N) is 2. The molecular formula is C18H17F4IN4O. The van der Waals surface area contributed by atoms with Crippen molar-refractivity contribution >= 4 is 29.9 Å². The molecule has 10 heteroatoms. The molecule has 0 aromatic heterocycles. The summed E-state index contributed by atoms with van der Waals surface area (Å²) in [4.78, 5) is 3.94. The summed E-state index contributed by atoms with van der Waals surface area (Å²) >= 11 is 0. The second kappa shape index (κ2) is 10.7. The highest BCUT2D eigenvalue weighted by atomic mass is 127. The molecule has 0 unspecified atom stereocenters. The first-order chi connectivity index (χ1) is 12.8. The minimum atomic E-state index is -4.79. The molecule has 0 saturated heterocycles. The molecule has 2 rings (SSSR count). The van der Waals surface area contributed by atoms with Crippen LogP contribution in [0.25, 0.3) is 0 Å². The first-order valence-corrected chi connectivity index (χ1v) is 7.79. The van der Waals surface area contributed by atoms with E-state index in [9.17, 15) is 17.6 Å². The summed E-state index contributed by atoms with van der Waals surface area (Å²) < 4.78 is 55.2. The van der Waals surface area contributed by atoms with E-state index < -0.39 is 12.2 Å². The third-order valence-corrected chi connectivity index (χ3v) is 3.50. The molecule has 2 aromatic carbocycles. The molecule has 0 fully saturated rings. The number of nitrogens with zero attached hydrogens (tertiary/aromatic N) is 2. The van der Waals surface area contributed by atoms with Crippen LogP contribution in [0.5, 0.6) is 5.75 Å². The van der Waals surface area contributed by atoms with Crippen LogP contribution < -0.4 is 15.4 Å². The van der Waals surface area contributed by atoms with Gasteiger partial charge in [-0.1, -0.05) is 24.3 Å². The molecule has 0 spiro atoms. The number of hydrogen-bond acceptors (Lipinski definition) is 3. The third-order valence-electron chi connectivity index (χ3n) is 3.50. The molecule has 0 aliphatic carbocycles. The van der Waals surface area contributed by atoms with Crippen LogP contribution >= 0.6 is 24.0 Å². The number of hydrogen-bond donors (Lipinski definition) is 2. The highest BCUT2D eigenvalue weighted by Gasteiger charge is 2.31. The number of halogens is 5. The van der Waals surface area contributed by atoms with E-state index in [1.54, 1.807) is 6.07 Å². The normalized spacial score (nSPS) is 11.2. The number of rotatable bonds is 5. The maximum absolute atomic E-state index is 13.9. The van der Waals surface area contributed by atoms with Gasteiger partial charge in [0.25, 0.3) is 0 Å². The highest BCUT2D eigenvalue weighted by molar-refractivity contribution is 14.0. The number of para-hydroxylation sites is 1. The third kappa shape index (κ3) is 7.22. The van der Waals surface area contributed by atoms with Crippen molar-refractivity contribution < 1.29 is 22.3 Å². The van der Waals surface area contributed by atoms with Gasteiger partial charge in [0.1, 0.15) is 11.6 Å². The van der Waals surface area contributed by atoms with Crippen LogP contribution in [0.15, 0.2) is 47.5 Å². The Morgan fingerprint density at radius 2 is 1.75 bits per heavy atom. The molecule has 0 amide bonds. The Balaban J connectivity index is 0.00000392. The Labute approximate surface area is 176 Å². The zero-order valence-electron chi connectivity index (χ0n) is 14.7. The predicted octanol–water partition coefficient (Wildman–Crippen LogP) is 4.08. The lowest BCUT2D eigenvalue weighted by Crippen LogP contribution is -2.36. The van der Waals surface area contributed by atoms with Gasteiger partial charge in [0, 0.05) is 31.3 Å². The van der Waals surface area contributed by atoms with Gasteiger partial charge in [-0.2, -0.15) is 5.26 Å². The smallest absolute Gasteiger partial charge is 0.405 e. The van der Waals surface area contributed by atoms with Crippen LogP contribution in [-0.2, 0) is 13.1 Å². The van der Waals surface area contributed by atoms with Crippen LogP contribution in [0.3, 0.4) is 0 Å². The van der Waals surface area contributed by atoms with Crippen molar-refractivity contribution in [2.45, 2.75) is 19.5 Å². The largest absolute Gasteiger partial charge is 0.573 e. The van der Waals surface area contributed by atoms with Gasteiger partial charge in [-0.3, -0.25) is 4.99 Å². The van der Waals surface area contributed by atoms with Crippen molar-refractivity contribution in [1.29, 1.82) is 5.26 Å². The Bertz CT molecular complexity index is 865. The summed E-state index contributed by atoms with van der Waals surface area (Å²) in [7, 11) is 1.47. The minimum Gasteiger partial charge on any atom is -0.405 e. The van der Waals surface area contributed by atoms with Gasteiger partial charge in [-0.05, 0) is 18.2 Å². The molecule has 0 atom stereocenters. The van der Waals surface area contributed by atoms with Crippen molar-refractivity contribution in [2.24, 2.45) is 4.99 Å². The number of aliphatic imine (C=N–C) groups is 1.